The van der Waals surface area contributed by atoms with Crippen molar-refractivity contribution in [3.63, 3.8) is 0 Å². The second-order valence-electron chi connectivity index (χ2n) is 7.14. The number of rotatable bonds is 7. The number of hydrogen-bond acceptors (Lipinski definition) is 5. The van der Waals surface area contributed by atoms with Gasteiger partial charge in [-0.15, -0.1) is 11.8 Å². The van der Waals surface area contributed by atoms with Crippen molar-refractivity contribution in [3.8, 4) is 28.3 Å². The predicted molar refractivity (Wildman–Crippen MR) is 115 cm³/mol. The quantitative estimate of drug-likeness (QED) is 0.199. The lowest BCUT2D eigenvalue weighted by Gasteiger charge is -2.17. The molecule has 4 rings (SSSR count). The summed E-state index contributed by atoms with van der Waals surface area (Å²) in [7, 11) is 0. The molecule has 0 aliphatic heterocycles. The minimum atomic E-state index is -4.61. The number of thioether (sulfide) groups is 1. The first kappa shape index (κ1) is 24.8. The molecule has 4 aromatic rings. The van der Waals surface area contributed by atoms with Gasteiger partial charge in [0.05, 0.1) is 5.69 Å². The minimum Gasteiger partial charge on any atom is -0.428 e. The fourth-order valence-corrected chi connectivity index (χ4v) is 3.94. The summed E-state index contributed by atoms with van der Waals surface area (Å²) >= 11 is 1.42. The first-order valence-electron chi connectivity index (χ1n) is 10.00. The molecule has 1 aromatic carbocycles. The summed E-state index contributed by atoms with van der Waals surface area (Å²) < 4.78 is 94.8. The summed E-state index contributed by atoms with van der Waals surface area (Å²) in [6.45, 7) is 1.90. The Bertz CT molecular complexity index is 1340. The van der Waals surface area contributed by atoms with E-state index in [0.29, 0.717) is 33.2 Å². The first-order valence-corrected chi connectivity index (χ1v) is 11.0. The summed E-state index contributed by atoms with van der Waals surface area (Å²) in [5, 5.41) is 3.47. The molecule has 0 radical (unpaired) electrons. The number of pyridine rings is 1. The Balaban J connectivity index is 1.65. The van der Waals surface area contributed by atoms with Crippen LogP contribution in [0, 0.1) is 0 Å². The molecule has 3 aromatic heterocycles. The van der Waals surface area contributed by atoms with E-state index >= 15 is 0 Å². The molecule has 0 spiro atoms. The van der Waals surface area contributed by atoms with Gasteiger partial charge < -0.3 is 4.74 Å². The number of alkyl halides is 7. The molecule has 184 valence electrons. The predicted octanol–water partition coefficient (Wildman–Crippen LogP) is 6.83. The van der Waals surface area contributed by atoms with Gasteiger partial charge in [-0.3, -0.25) is 4.98 Å². The van der Waals surface area contributed by atoms with Crippen LogP contribution in [0.4, 0.5) is 30.7 Å². The number of fused-ring (bicyclic) bond motifs is 1. The first-order chi connectivity index (χ1) is 16.5. The van der Waals surface area contributed by atoms with Crippen LogP contribution in [0.25, 0.3) is 28.2 Å². The van der Waals surface area contributed by atoms with Crippen LogP contribution in [0.1, 0.15) is 12.6 Å². The Kier molecular flexibility index (Phi) is 6.62. The molecule has 0 aliphatic carbocycles. The van der Waals surface area contributed by atoms with E-state index in [1.807, 2.05) is 6.92 Å². The zero-order chi connectivity index (χ0) is 25.4. The third kappa shape index (κ3) is 5.34. The highest BCUT2D eigenvalue weighted by atomic mass is 32.2. The van der Waals surface area contributed by atoms with Crippen molar-refractivity contribution in [1.82, 2.24) is 19.6 Å². The van der Waals surface area contributed by atoms with Crippen molar-refractivity contribution in [2.75, 3.05) is 5.75 Å². The standard InChI is InChI=1S/C22H15F7N4OS/c1-2-35-16-9-13(12-3-5-14(6-4-12)34-22(28,29)20(23)24)11-30-19(16)15-7-8-33-18(31-15)10-17(32-33)21(25,26)27/h3-11,20H,2H2,1H3. The van der Waals surface area contributed by atoms with E-state index in [4.69, 9.17) is 0 Å². The van der Waals surface area contributed by atoms with Crippen LogP contribution in [0.2, 0.25) is 0 Å². The van der Waals surface area contributed by atoms with E-state index in [2.05, 4.69) is 19.8 Å². The second kappa shape index (κ2) is 9.36. The maximum absolute atomic E-state index is 13.1. The summed E-state index contributed by atoms with van der Waals surface area (Å²) in [5.74, 6) is 0.226. The van der Waals surface area contributed by atoms with Crippen LogP contribution < -0.4 is 4.74 Å². The van der Waals surface area contributed by atoms with Crippen molar-refractivity contribution in [2.45, 2.75) is 30.5 Å². The molecular weight excluding hydrogens is 501 g/mol. The summed E-state index contributed by atoms with van der Waals surface area (Å²) in [6.07, 6.45) is -10.3. The Morgan fingerprint density at radius 2 is 1.71 bits per heavy atom. The molecule has 0 unspecified atom stereocenters. The molecule has 0 saturated carbocycles. The summed E-state index contributed by atoms with van der Waals surface area (Å²) in [4.78, 5) is 9.37. The molecule has 0 amide bonds. The third-order valence-corrected chi connectivity index (χ3v) is 5.62. The number of benzene rings is 1. The van der Waals surface area contributed by atoms with Crippen LogP contribution in [0.5, 0.6) is 5.75 Å². The van der Waals surface area contributed by atoms with Gasteiger partial charge in [-0.2, -0.15) is 35.8 Å². The van der Waals surface area contributed by atoms with Gasteiger partial charge in [0.1, 0.15) is 11.4 Å². The SMILES string of the molecule is CCSc1cc(-c2ccc(OC(F)(F)C(F)F)cc2)cnc1-c1ccn2nc(C(F)(F)F)cc2n1. The molecule has 13 heteroatoms. The molecule has 0 saturated heterocycles. The zero-order valence-corrected chi connectivity index (χ0v) is 18.5. The molecule has 0 fully saturated rings. The van der Waals surface area contributed by atoms with Crippen molar-refractivity contribution in [3.05, 3.63) is 60.6 Å². The number of ether oxygens (including phenoxy) is 1. The number of nitrogens with zero attached hydrogens (tertiary/aromatic N) is 4. The van der Waals surface area contributed by atoms with Gasteiger partial charge >= 0.3 is 18.7 Å². The summed E-state index contributed by atoms with van der Waals surface area (Å²) in [5.41, 5.74) is 0.878. The topological polar surface area (TPSA) is 52.3 Å². The lowest BCUT2D eigenvalue weighted by Crippen LogP contribution is -2.33. The number of aromatic nitrogens is 4. The summed E-state index contributed by atoms with van der Waals surface area (Å²) in [6, 6.07) is 9.22. The lowest BCUT2D eigenvalue weighted by atomic mass is 10.1. The van der Waals surface area contributed by atoms with Crippen LogP contribution in [0.3, 0.4) is 0 Å². The molecule has 0 N–H and O–H groups in total. The number of halogens is 7. The molecule has 5 nitrogen and oxygen atoms in total. The molecule has 3 heterocycles. The van der Waals surface area contributed by atoms with Crippen LogP contribution in [-0.2, 0) is 6.18 Å². The molecule has 0 bridgehead atoms. The molecule has 0 atom stereocenters. The van der Waals surface area contributed by atoms with Crippen LogP contribution in [-0.4, -0.2) is 37.9 Å². The maximum atomic E-state index is 13.1. The fourth-order valence-electron chi connectivity index (χ4n) is 3.13. The smallest absolute Gasteiger partial charge is 0.428 e. The Morgan fingerprint density at radius 1 is 1.00 bits per heavy atom. The van der Waals surface area contributed by atoms with Crippen LogP contribution in [0.15, 0.2) is 59.8 Å². The molecule has 35 heavy (non-hydrogen) atoms. The lowest BCUT2D eigenvalue weighted by molar-refractivity contribution is -0.253. The van der Waals surface area contributed by atoms with Crippen LogP contribution >= 0.6 is 11.8 Å². The zero-order valence-electron chi connectivity index (χ0n) is 17.7. The van der Waals surface area contributed by atoms with Gasteiger partial charge in [0.2, 0.25) is 0 Å². The highest BCUT2D eigenvalue weighted by Gasteiger charge is 2.44. The molecule has 0 aliphatic rings. The Hall–Kier alpha value is -3.35. The van der Waals surface area contributed by atoms with Crippen molar-refractivity contribution in [2.24, 2.45) is 0 Å². The Morgan fingerprint density at radius 3 is 2.34 bits per heavy atom. The van der Waals surface area contributed by atoms with Gasteiger partial charge in [-0.25, -0.2) is 9.50 Å². The maximum Gasteiger partial charge on any atom is 0.461 e. The van der Waals surface area contributed by atoms with Crippen molar-refractivity contribution < 1.29 is 35.5 Å². The van der Waals surface area contributed by atoms with Crippen molar-refractivity contribution >= 4 is 17.4 Å². The number of hydrogen-bond donors (Lipinski definition) is 0. The Labute approximate surface area is 198 Å². The van der Waals surface area contributed by atoms with Gasteiger partial charge in [-0.05, 0) is 35.6 Å². The van der Waals surface area contributed by atoms with Gasteiger partial charge in [0.25, 0.3) is 0 Å². The van der Waals surface area contributed by atoms with E-state index in [1.54, 1.807) is 6.07 Å². The van der Waals surface area contributed by atoms with Gasteiger partial charge in [0, 0.05) is 28.9 Å². The average molecular weight is 516 g/mol. The highest BCUT2D eigenvalue weighted by molar-refractivity contribution is 7.99. The second-order valence-corrected chi connectivity index (χ2v) is 8.44. The average Bonchev–Trinajstić information content (AvgIpc) is 3.24. The van der Waals surface area contributed by atoms with Crippen molar-refractivity contribution in [1.29, 1.82) is 0 Å². The monoisotopic (exact) mass is 516 g/mol. The van der Waals surface area contributed by atoms with E-state index in [1.165, 1.54) is 42.4 Å². The van der Waals surface area contributed by atoms with Gasteiger partial charge in [-0.1, -0.05) is 19.1 Å². The fraction of sp³-hybridized carbons (Fsp3) is 0.227. The van der Waals surface area contributed by atoms with E-state index in [9.17, 15) is 30.7 Å². The normalized spacial score (nSPS) is 12.5. The van der Waals surface area contributed by atoms with E-state index in [0.717, 1.165) is 22.7 Å². The highest BCUT2D eigenvalue weighted by Crippen LogP contribution is 2.35. The van der Waals surface area contributed by atoms with E-state index < -0.39 is 30.2 Å². The minimum absolute atomic E-state index is 0.00402. The largest absolute Gasteiger partial charge is 0.461 e. The third-order valence-electron chi connectivity index (χ3n) is 4.71. The van der Waals surface area contributed by atoms with E-state index in [-0.39, 0.29) is 5.65 Å². The molecular formula is C22H15F7N4OS. The van der Waals surface area contributed by atoms with Gasteiger partial charge in [0.15, 0.2) is 11.3 Å².